The number of alkyl carbamates (subject to hydrolysis) is 1. The predicted molar refractivity (Wildman–Crippen MR) is 172 cm³/mol. The van der Waals surface area contributed by atoms with Gasteiger partial charge in [-0.25, -0.2) is 26.8 Å². The van der Waals surface area contributed by atoms with Gasteiger partial charge >= 0.3 is 12.2 Å². The van der Waals surface area contributed by atoms with E-state index < -0.39 is 103 Å². The number of hydrogen-bond acceptors (Lipinski definition) is 9. The number of para-hydroxylation sites is 1. The van der Waals surface area contributed by atoms with Gasteiger partial charge in [0.25, 0.3) is 5.91 Å². The molecule has 3 aliphatic rings. The molecule has 17 heteroatoms. The van der Waals surface area contributed by atoms with Gasteiger partial charge in [-0.3, -0.25) is 24.4 Å². The van der Waals surface area contributed by atoms with Gasteiger partial charge in [0, 0.05) is 12.3 Å². The van der Waals surface area contributed by atoms with E-state index >= 15 is 0 Å². The topological polar surface area (TPSA) is 189 Å². The maximum Gasteiger partial charge on any atom is 0.412 e. The number of likely N-dealkylation sites (tertiary alicyclic amines) is 1. The Bertz CT molecular complexity index is 1620. The van der Waals surface area contributed by atoms with Crippen LogP contribution in [0.5, 0.6) is 0 Å². The van der Waals surface area contributed by atoms with Crippen LogP contribution in [-0.2, 0) is 33.9 Å². The molecule has 1 aromatic carbocycles. The fraction of sp³-hybridized carbons (Fsp3) is 0.594. The van der Waals surface area contributed by atoms with Crippen molar-refractivity contribution < 1.29 is 50.6 Å². The number of anilines is 1. The normalized spacial score (nSPS) is 24.2. The smallest absolute Gasteiger partial charge is 0.412 e. The average Bonchev–Trinajstić information content (AvgIpc) is 3.89. The van der Waals surface area contributed by atoms with Crippen LogP contribution in [-0.4, -0.2) is 84.3 Å². The molecule has 2 aliphatic carbocycles. The van der Waals surface area contributed by atoms with Crippen LogP contribution in [0.2, 0.25) is 0 Å². The minimum atomic E-state index is -3.97. The van der Waals surface area contributed by atoms with Gasteiger partial charge in [-0.2, -0.15) is 0 Å². The zero-order chi connectivity index (χ0) is 36.7. The Morgan fingerprint density at radius 2 is 1.65 bits per heavy atom. The van der Waals surface area contributed by atoms with Crippen LogP contribution in [0, 0.1) is 23.0 Å². The summed E-state index contributed by atoms with van der Waals surface area (Å²) in [7, 11) is -3.97. The number of carbonyl (C=O) groups excluding carboxylic acids is 5. The first-order valence-electron chi connectivity index (χ1n) is 15.8. The number of rotatable bonds is 10. The van der Waals surface area contributed by atoms with Crippen molar-refractivity contribution in [2.75, 3.05) is 11.9 Å². The largest absolute Gasteiger partial charge is 0.444 e. The zero-order valence-electron chi connectivity index (χ0n) is 28.2. The minimum absolute atomic E-state index is 0.0380. The molecule has 0 spiro atoms. The fourth-order valence-electron chi connectivity index (χ4n) is 5.53. The van der Waals surface area contributed by atoms with Crippen molar-refractivity contribution in [3.05, 3.63) is 42.5 Å². The van der Waals surface area contributed by atoms with E-state index in [2.05, 4.69) is 21.9 Å². The third-order valence-electron chi connectivity index (χ3n) is 8.33. The lowest BCUT2D eigenvalue weighted by molar-refractivity contribution is -0.143. The van der Waals surface area contributed by atoms with Crippen molar-refractivity contribution in [2.24, 2.45) is 11.3 Å². The monoisotopic (exact) mass is 711 g/mol. The zero-order valence-corrected chi connectivity index (χ0v) is 29.0. The van der Waals surface area contributed by atoms with Crippen LogP contribution in [0.25, 0.3) is 0 Å². The van der Waals surface area contributed by atoms with Crippen LogP contribution in [0.3, 0.4) is 0 Å². The first-order chi connectivity index (χ1) is 22.6. The molecule has 0 aromatic heterocycles. The van der Waals surface area contributed by atoms with Crippen molar-refractivity contribution in [1.82, 2.24) is 20.3 Å². The van der Waals surface area contributed by atoms with E-state index in [1.807, 2.05) is 5.32 Å². The highest BCUT2D eigenvalue weighted by Gasteiger charge is 2.62. The fourth-order valence-corrected chi connectivity index (χ4v) is 6.90. The summed E-state index contributed by atoms with van der Waals surface area (Å²) in [6, 6.07) is 0.301. The van der Waals surface area contributed by atoms with E-state index in [4.69, 9.17) is 9.47 Å². The van der Waals surface area contributed by atoms with Crippen molar-refractivity contribution in [2.45, 2.75) is 102 Å². The number of carbonyl (C=O) groups is 5. The molecule has 3 fully saturated rings. The molecule has 270 valence electrons. The van der Waals surface area contributed by atoms with Crippen molar-refractivity contribution in [1.29, 1.82) is 0 Å². The Morgan fingerprint density at radius 3 is 2.16 bits per heavy atom. The summed E-state index contributed by atoms with van der Waals surface area (Å²) in [6.07, 6.45) is -1.43. The number of hydrogen-bond donors (Lipinski definition) is 4. The van der Waals surface area contributed by atoms with Gasteiger partial charge in [-0.1, -0.05) is 32.9 Å². The molecule has 2 unspecified atom stereocenters. The summed E-state index contributed by atoms with van der Waals surface area (Å²) in [6.45, 7) is 13.2. The summed E-state index contributed by atoms with van der Waals surface area (Å²) in [5.74, 6) is -5.32. The van der Waals surface area contributed by atoms with E-state index in [-0.39, 0.29) is 19.4 Å². The van der Waals surface area contributed by atoms with Crippen LogP contribution in [0.1, 0.15) is 67.2 Å². The van der Waals surface area contributed by atoms with E-state index in [1.54, 1.807) is 41.5 Å². The molecule has 1 saturated heterocycles. The number of sulfonamides is 1. The Labute approximate surface area is 283 Å². The summed E-state index contributed by atoms with van der Waals surface area (Å²) >= 11 is 0. The van der Waals surface area contributed by atoms with Crippen LogP contribution in [0.4, 0.5) is 24.1 Å². The second kappa shape index (κ2) is 13.6. The van der Waals surface area contributed by atoms with Crippen molar-refractivity contribution in [3.63, 3.8) is 0 Å². The van der Waals surface area contributed by atoms with Gasteiger partial charge in [0.05, 0.1) is 11.8 Å². The average molecular weight is 712 g/mol. The Kier molecular flexibility index (Phi) is 10.4. The second-order valence-corrected chi connectivity index (χ2v) is 16.6. The number of nitrogens with one attached hydrogen (secondary N) is 4. The summed E-state index contributed by atoms with van der Waals surface area (Å²) < 4.78 is 66.2. The molecule has 1 aliphatic heterocycles. The van der Waals surface area contributed by atoms with Gasteiger partial charge in [0.1, 0.15) is 46.6 Å². The molecular weight excluding hydrogens is 668 g/mol. The molecule has 0 radical (unpaired) electrons. The maximum absolute atomic E-state index is 14.2. The van der Waals surface area contributed by atoms with Crippen molar-refractivity contribution in [3.8, 4) is 0 Å². The quantitative estimate of drug-likeness (QED) is 0.265. The summed E-state index contributed by atoms with van der Waals surface area (Å²) in [4.78, 5) is 68.0. The Morgan fingerprint density at radius 1 is 1.04 bits per heavy atom. The molecule has 4 rings (SSSR count). The molecule has 49 heavy (non-hydrogen) atoms. The van der Waals surface area contributed by atoms with Gasteiger partial charge in [-0.15, -0.1) is 6.58 Å². The molecule has 4 N–H and O–H groups in total. The molecular formula is C32H43F2N5O9S. The molecule has 1 aromatic rings. The van der Waals surface area contributed by atoms with Gasteiger partial charge in [-0.05, 0) is 57.6 Å². The van der Waals surface area contributed by atoms with Crippen LogP contribution in [0.15, 0.2) is 30.9 Å². The lowest BCUT2D eigenvalue weighted by Crippen LogP contribution is -2.60. The summed E-state index contributed by atoms with van der Waals surface area (Å²) in [5, 5.41) is 6.45. The lowest BCUT2D eigenvalue weighted by atomic mass is 9.85. The lowest BCUT2D eigenvalue weighted by Gasteiger charge is -2.36. The number of benzene rings is 1. The van der Waals surface area contributed by atoms with Gasteiger partial charge < -0.3 is 25.0 Å². The van der Waals surface area contributed by atoms with Crippen molar-refractivity contribution >= 4 is 45.6 Å². The molecule has 5 amide bonds. The van der Waals surface area contributed by atoms with E-state index in [9.17, 15) is 41.2 Å². The molecule has 2 saturated carbocycles. The first-order valence-corrected chi connectivity index (χ1v) is 17.3. The standard InChI is InChI=1S/C32H43F2N5O9S/c1-8-17-15-32(17,27(42)38-49(45,46)19-12-13-19)37-25(40)22-14-18(47-28(43)35-23-20(33)10-9-11-21(23)34)16-39(22)26(41)24(30(2,3)4)36-29(44)48-31(5,6)7/h8-11,17-19,22,24H,1,12-16H2,2-7H3,(H,35,43)(H,36,44)(H,37,40)(H,38,42)/t17?,18-,22+,24-,32?/m1/s1. The highest BCUT2D eigenvalue weighted by molar-refractivity contribution is 7.91. The molecule has 5 atom stereocenters. The van der Waals surface area contributed by atoms with Crippen LogP contribution >= 0.6 is 0 Å². The van der Waals surface area contributed by atoms with Gasteiger partial charge in [0.2, 0.25) is 21.8 Å². The number of ether oxygens (including phenoxy) is 2. The minimum Gasteiger partial charge on any atom is -0.444 e. The highest BCUT2D eigenvalue weighted by Crippen LogP contribution is 2.45. The van der Waals surface area contributed by atoms with E-state index in [1.165, 1.54) is 6.08 Å². The SMILES string of the molecule is C=CC1CC1(NC(=O)[C@@H]1C[C@@H](OC(=O)Nc2c(F)cccc2F)CN1C(=O)[C@@H](NC(=O)OC(C)(C)C)C(C)(C)C)C(=O)NS(=O)(=O)C1CC1. The first kappa shape index (κ1) is 37.5. The number of halogens is 2. The third-order valence-corrected chi connectivity index (χ3v) is 10.2. The molecule has 0 bridgehead atoms. The van der Waals surface area contributed by atoms with E-state index in [0.717, 1.165) is 23.1 Å². The third kappa shape index (κ3) is 8.85. The maximum atomic E-state index is 14.2. The number of amides is 5. The number of nitrogens with zero attached hydrogens (tertiary/aromatic N) is 1. The highest BCUT2D eigenvalue weighted by atomic mass is 32.2. The molecule has 14 nitrogen and oxygen atoms in total. The van der Waals surface area contributed by atoms with E-state index in [0.29, 0.717) is 12.8 Å². The van der Waals surface area contributed by atoms with Gasteiger partial charge in [0.15, 0.2) is 0 Å². The summed E-state index contributed by atoms with van der Waals surface area (Å²) in [5.41, 5.74) is -4.27. The predicted octanol–water partition coefficient (Wildman–Crippen LogP) is 3.09. The van der Waals surface area contributed by atoms with Crippen LogP contribution < -0.4 is 20.7 Å². The Hall–Kier alpha value is -4.28. The Balaban J connectivity index is 1.60. The second-order valence-electron chi connectivity index (χ2n) is 14.6. The molecule has 1 heterocycles.